The zero-order valence-corrected chi connectivity index (χ0v) is 11.2. The summed E-state index contributed by atoms with van der Waals surface area (Å²) in [6.07, 6.45) is 6.46. The number of aromatic carboxylic acids is 1. The highest BCUT2D eigenvalue weighted by atomic mass is 16.4. The SMILES string of the molecule is CN1CCCCC1CNCc1ncncc1C(=O)O. The van der Waals surface area contributed by atoms with Crippen LogP contribution in [0.25, 0.3) is 0 Å². The molecule has 0 aromatic carbocycles. The minimum atomic E-state index is -0.979. The Kier molecular flexibility index (Phi) is 4.81. The molecule has 0 aliphatic carbocycles. The third-order valence-corrected chi connectivity index (χ3v) is 3.62. The van der Waals surface area contributed by atoms with Crippen LogP contribution >= 0.6 is 0 Å². The number of aromatic nitrogens is 2. The summed E-state index contributed by atoms with van der Waals surface area (Å²) in [5.41, 5.74) is 0.716. The maximum atomic E-state index is 11.0. The van der Waals surface area contributed by atoms with E-state index >= 15 is 0 Å². The fourth-order valence-corrected chi connectivity index (χ4v) is 2.43. The van der Waals surface area contributed by atoms with E-state index < -0.39 is 5.97 Å². The van der Waals surface area contributed by atoms with Crippen LogP contribution in [-0.4, -0.2) is 52.1 Å². The number of carboxylic acids is 1. The van der Waals surface area contributed by atoms with Crippen molar-refractivity contribution in [3.63, 3.8) is 0 Å². The van der Waals surface area contributed by atoms with Gasteiger partial charge in [-0.2, -0.15) is 0 Å². The number of carbonyl (C=O) groups is 1. The highest BCUT2D eigenvalue weighted by Crippen LogP contribution is 2.14. The van der Waals surface area contributed by atoms with E-state index in [9.17, 15) is 4.79 Å². The second kappa shape index (κ2) is 6.58. The Hall–Kier alpha value is -1.53. The normalized spacial score (nSPS) is 20.4. The van der Waals surface area contributed by atoms with Gasteiger partial charge in [0.1, 0.15) is 11.9 Å². The van der Waals surface area contributed by atoms with E-state index in [2.05, 4.69) is 27.2 Å². The van der Waals surface area contributed by atoms with E-state index in [1.54, 1.807) is 0 Å². The first-order valence-corrected chi connectivity index (χ1v) is 6.61. The molecule has 0 amide bonds. The Morgan fingerprint density at radius 2 is 2.42 bits per heavy atom. The topological polar surface area (TPSA) is 78.3 Å². The number of nitrogens with zero attached hydrogens (tertiary/aromatic N) is 3. The monoisotopic (exact) mass is 264 g/mol. The van der Waals surface area contributed by atoms with E-state index in [-0.39, 0.29) is 5.56 Å². The van der Waals surface area contributed by atoms with Crippen LogP contribution in [0.4, 0.5) is 0 Å². The van der Waals surface area contributed by atoms with Gasteiger partial charge in [0, 0.05) is 25.3 Å². The molecule has 6 heteroatoms. The molecule has 1 aromatic heterocycles. The fourth-order valence-electron chi connectivity index (χ4n) is 2.43. The second-order valence-corrected chi connectivity index (χ2v) is 4.95. The second-order valence-electron chi connectivity index (χ2n) is 4.95. The van der Waals surface area contributed by atoms with Crippen LogP contribution in [-0.2, 0) is 6.54 Å². The lowest BCUT2D eigenvalue weighted by molar-refractivity contribution is 0.0694. The van der Waals surface area contributed by atoms with Gasteiger partial charge in [0.15, 0.2) is 0 Å². The molecular formula is C13H20N4O2. The number of likely N-dealkylation sites (N-methyl/N-ethyl adjacent to an activating group) is 1. The Balaban J connectivity index is 1.87. The van der Waals surface area contributed by atoms with Gasteiger partial charge < -0.3 is 15.3 Å². The van der Waals surface area contributed by atoms with Gasteiger partial charge in [-0.1, -0.05) is 6.42 Å². The molecule has 1 fully saturated rings. The molecule has 1 aliphatic heterocycles. The van der Waals surface area contributed by atoms with Crippen molar-refractivity contribution < 1.29 is 9.90 Å². The van der Waals surface area contributed by atoms with Crippen LogP contribution in [0.3, 0.4) is 0 Å². The average molecular weight is 264 g/mol. The fraction of sp³-hybridized carbons (Fsp3) is 0.615. The van der Waals surface area contributed by atoms with Gasteiger partial charge in [0.2, 0.25) is 0 Å². The van der Waals surface area contributed by atoms with Gasteiger partial charge in [0.25, 0.3) is 0 Å². The van der Waals surface area contributed by atoms with Gasteiger partial charge in [-0.15, -0.1) is 0 Å². The smallest absolute Gasteiger partial charge is 0.339 e. The van der Waals surface area contributed by atoms with Crippen LogP contribution in [0.2, 0.25) is 0 Å². The molecule has 1 atom stereocenters. The number of piperidine rings is 1. The molecule has 1 aliphatic rings. The molecule has 0 radical (unpaired) electrons. The van der Waals surface area contributed by atoms with E-state index in [1.807, 2.05) is 0 Å². The molecule has 1 unspecified atom stereocenters. The first-order chi connectivity index (χ1) is 9.18. The van der Waals surface area contributed by atoms with Crippen molar-refractivity contribution >= 4 is 5.97 Å². The lowest BCUT2D eigenvalue weighted by Crippen LogP contribution is -2.43. The first-order valence-electron chi connectivity index (χ1n) is 6.61. The predicted molar refractivity (Wildman–Crippen MR) is 71.0 cm³/mol. The summed E-state index contributed by atoms with van der Waals surface area (Å²) in [6, 6.07) is 0.531. The zero-order chi connectivity index (χ0) is 13.7. The van der Waals surface area contributed by atoms with Crippen molar-refractivity contribution in [1.29, 1.82) is 0 Å². The lowest BCUT2D eigenvalue weighted by Gasteiger charge is -2.32. The van der Waals surface area contributed by atoms with Gasteiger partial charge in [0.05, 0.1) is 5.69 Å². The van der Waals surface area contributed by atoms with Crippen LogP contribution < -0.4 is 5.32 Å². The molecule has 2 N–H and O–H groups in total. The number of hydrogen-bond acceptors (Lipinski definition) is 5. The zero-order valence-electron chi connectivity index (χ0n) is 11.2. The minimum absolute atomic E-state index is 0.173. The van der Waals surface area contributed by atoms with E-state index in [0.717, 1.165) is 13.1 Å². The molecule has 2 heterocycles. The van der Waals surface area contributed by atoms with Crippen LogP contribution in [0, 0.1) is 0 Å². The highest BCUT2D eigenvalue weighted by molar-refractivity contribution is 5.88. The van der Waals surface area contributed by atoms with Gasteiger partial charge >= 0.3 is 5.97 Å². The quantitative estimate of drug-likeness (QED) is 0.817. The van der Waals surface area contributed by atoms with Crippen molar-refractivity contribution in [3.05, 3.63) is 23.8 Å². The van der Waals surface area contributed by atoms with E-state index in [4.69, 9.17) is 5.11 Å². The summed E-state index contributed by atoms with van der Waals surface area (Å²) in [5.74, 6) is -0.979. The summed E-state index contributed by atoms with van der Waals surface area (Å²) in [5, 5.41) is 12.3. The Morgan fingerprint density at radius 3 is 3.16 bits per heavy atom. The number of likely N-dealkylation sites (tertiary alicyclic amines) is 1. The maximum Gasteiger partial charge on any atom is 0.339 e. The molecule has 19 heavy (non-hydrogen) atoms. The first kappa shape index (κ1) is 13.9. The maximum absolute atomic E-state index is 11.0. The van der Waals surface area contributed by atoms with Crippen LogP contribution in [0.5, 0.6) is 0 Å². The lowest BCUT2D eigenvalue weighted by atomic mass is 10.0. The van der Waals surface area contributed by atoms with Crippen LogP contribution in [0.1, 0.15) is 35.3 Å². The Bertz CT molecular complexity index is 438. The van der Waals surface area contributed by atoms with Crippen molar-refractivity contribution in [2.24, 2.45) is 0 Å². The molecule has 104 valence electrons. The largest absolute Gasteiger partial charge is 0.478 e. The Morgan fingerprint density at radius 1 is 1.58 bits per heavy atom. The predicted octanol–water partition coefficient (Wildman–Crippen LogP) is 0.749. The van der Waals surface area contributed by atoms with Gasteiger partial charge in [-0.3, -0.25) is 0 Å². The number of nitrogens with one attached hydrogen (secondary N) is 1. The molecule has 2 rings (SSSR count). The third kappa shape index (κ3) is 3.71. The molecule has 6 nitrogen and oxygen atoms in total. The average Bonchev–Trinajstić information content (AvgIpc) is 2.41. The summed E-state index contributed by atoms with van der Waals surface area (Å²) < 4.78 is 0. The summed E-state index contributed by atoms with van der Waals surface area (Å²) >= 11 is 0. The number of carboxylic acid groups (broad SMARTS) is 1. The molecule has 0 saturated carbocycles. The number of hydrogen-bond donors (Lipinski definition) is 2. The van der Waals surface area contributed by atoms with Crippen molar-refractivity contribution in [3.8, 4) is 0 Å². The van der Waals surface area contributed by atoms with Gasteiger partial charge in [-0.25, -0.2) is 14.8 Å². The van der Waals surface area contributed by atoms with E-state index in [0.29, 0.717) is 18.3 Å². The van der Waals surface area contributed by atoms with Crippen molar-refractivity contribution in [1.82, 2.24) is 20.2 Å². The number of rotatable bonds is 5. The minimum Gasteiger partial charge on any atom is -0.478 e. The standard InChI is InChI=1S/C13H20N4O2/c1-17-5-3-2-4-10(17)6-14-8-12-11(13(18)19)7-15-9-16-12/h7,9-10,14H,2-6,8H2,1H3,(H,18,19). The molecule has 1 aromatic rings. The summed E-state index contributed by atoms with van der Waals surface area (Å²) in [7, 11) is 2.14. The molecule has 1 saturated heterocycles. The van der Waals surface area contributed by atoms with Gasteiger partial charge in [-0.05, 0) is 26.4 Å². The summed E-state index contributed by atoms with van der Waals surface area (Å²) in [6.45, 7) is 2.47. The Labute approximate surface area is 112 Å². The van der Waals surface area contributed by atoms with Crippen LogP contribution in [0.15, 0.2) is 12.5 Å². The van der Waals surface area contributed by atoms with Crippen molar-refractivity contribution in [2.45, 2.75) is 31.8 Å². The molecule has 0 bridgehead atoms. The van der Waals surface area contributed by atoms with E-state index in [1.165, 1.54) is 31.8 Å². The highest BCUT2D eigenvalue weighted by Gasteiger charge is 2.18. The van der Waals surface area contributed by atoms with Crippen molar-refractivity contribution in [2.75, 3.05) is 20.1 Å². The molecule has 0 spiro atoms. The summed E-state index contributed by atoms with van der Waals surface area (Å²) in [4.78, 5) is 21.2. The molecular weight excluding hydrogens is 244 g/mol. The third-order valence-electron chi connectivity index (χ3n) is 3.62.